The van der Waals surface area contributed by atoms with Crippen LogP contribution in [0, 0.1) is 13.8 Å². The van der Waals surface area contributed by atoms with E-state index in [0.29, 0.717) is 43.1 Å². The molecule has 170 valence electrons. The van der Waals surface area contributed by atoms with Gasteiger partial charge in [0.2, 0.25) is 0 Å². The Morgan fingerprint density at radius 1 is 0.906 bits per heavy atom. The largest absolute Gasteiger partial charge is 0.497 e. The standard InChI is InChI=1S/C26H32N2O4/c1-5-6-15-32-16-7-14-28-25(29)23(20-9-8-18(2)19(3)17-20)24(26(28)30)27-21-10-12-22(31-4)13-11-21/h8-13,17,27H,5-7,14-16H2,1-4H3. The van der Waals surface area contributed by atoms with Gasteiger partial charge < -0.3 is 14.8 Å². The van der Waals surface area contributed by atoms with Crippen molar-refractivity contribution >= 4 is 23.1 Å². The van der Waals surface area contributed by atoms with E-state index in [9.17, 15) is 9.59 Å². The molecule has 2 aromatic rings. The van der Waals surface area contributed by atoms with Crippen molar-refractivity contribution in [3.63, 3.8) is 0 Å². The van der Waals surface area contributed by atoms with Gasteiger partial charge in [0.25, 0.3) is 11.8 Å². The summed E-state index contributed by atoms with van der Waals surface area (Å²) < 4.78 is 10.8. The van der Waals surface area contributed by atoms with Gasteiger partial charge in [0.1, 0.15) is 11.4 Å². The fraction of sp³-hybridized carbons (Fsp3) is 0.385. The van der Waals surface area contributed by atoms with Crippen LogP contribution in [0.2, 0.25) is 0 Å². The number of aryl methyl sites for hydroxylation is 2. The zero-order valence-corrected chi connectivity index (χ0v) is 19.4. The van der Waals surface area contributed by atoms with Crippen molar-refractivity contribution in [3.8, 4) is 5.75 Å². The first-order valence-corrected chi connectivity index (χ1v) is 11.1. The third kappa shape index (κ3) is 5.37. The summed E-state index contributed by atoms with van der Waals surface area (Å²) in [6.07, 6.45) is 2.69. The molecule has 0 aromatic heterocycles. The van der Waals surface area contributed by atoms with Gasteiger partial charge in [-0.15, -0.1) is 0 Å². The number of benzene rings is 2. The second-order valence-electron chi connectivity index (χ2n) is 7.98. The number of carbonyl (C=O) groups excluding carboxylic acids is 2. The Labute approximate surface area is 190 Å². The highest BCUT2D eigenvalue weighted by Gasteiger charge is 2.38. The van der Waals surface area contributed by atoms with Crippen LogP contribution in [0.3, 0.4) is 0 Å². The van der Waals surface area contributed by atoms with Crippen LogP contribution in [0.15, 0.2) is 48.2 Å². The van der Waals surface area contributed by atoms with Gasteiger partial charge in [0.15, 0.2) is 0 Å². The minimum absolute atomic E-state index is 0.275. The minimum Gasteiger partial charge on any atom is -0.497 e. The first kappa shape index (κ1) is 23.5. The molecule has 0 unspecified atom stereocenters. The third-order valence-corrected chi connectivity index (χ3v) is 5.64. The predicted molar refractivity (Wildman–Crippen MR) is 127 cm³/mol. The Morgan fingerprint density at radius 2 is 1.62 bits per heavy atom. The smallest absolute Gasteiger partial charge is 0.278 e. The van der Waals surface area contributed by atoms with E-state index in [0.717, 1.165) is 35.3 Å². The number of unbranched alkanes of at least 4 members (excludes halogenated alkanes) is 1. The summed E-state index contributed by atoms with van der Waals surface area (Å²) in [4.78, 5) is 27.9. The number of hydrogen-bond donors (Lipinski definition) is 1. The topological polar surface area (TPSA) is 67.9 Å². The Kier molecular flexibility index (Phi) is 8.06. The predicted octanol–water partition coefficient (Wildman–Crippen LogP) is 4.71. The SMILES string of the molecule is CCCCOCCCN1C(=O)C(Nc2ccc(OC)cc2)=C(c2ccc(C)c(C)c2)C1=O. The maximum Gasteiger partial charge on any atom is 0.278 e. The highest BCUT2D eigenvalue weighted by molar-refractivity contribution is 6.36. The molecular formula is C26H32N2O4. The average molecular weight is 437 g/mol. The van der Waals surface area contributed by atoms with Crippen LogP contribution < -0.4 is 10.1 Å². The number of hydrogen-bond acceptors (Lipinski definition) is 5. The second-order valence-corrected chi connectivity index (χ2v) is 7.98. The third-order valence-electron chi connectivity index (χ3n) is 5.64. The van der Waals surface area contributed by atoms with Crippen molar-refractivity contribution in [1.29, 1.82) is 0 Å². The van der Waals surface area contributed by atoms with Crippen LogP contribution in [-0.4, -0.2) is 43.6 Å². The van der Waals surface area contributed by atoms with Crippen LogP contribution >= 0.6 is 0 Å². The molecule has 0 aliphatic carbocycles. The van der Waals surface area contributed by atoms with Gasteiger partial charge in [-0.05, 0) is 67.6 Å². The van der Waals surface area contributed by atoms with Crippen molar-refractivity contribution in [2.45, 2.75) is 40.0 Å². The number of nitrogens with one attached hydrogen (secondary N) is 1. The molecule has 32 heavy (non-hydrogen) atoms. The van der Waals surface area contributed by atoms with Crippen molar-refractivity contribution < 1.29 is 19.1 Å². The molecule has 6 heteroatoms. The Balaban J connectivity index is 1.85. The lowest BCUT2D eigenvalue weighted by atomic mass is 9.99. The lowest BCUT2D eigenvalue weighted by Crippen LogP contribution is -2.34. The van der Waals surface area contributed by atoms with Crippen LogP contribution in [0.1, 0.15) is 42.9 Å². The van der Waals surface area contributed by atoms with Gasteiger partial charge in [-0.3, -0.25) is 14.5 Å². The summed E-state index contributed by atoms with van der Waals surface area (Å²) >= 11 is 0. The van der Waals surface area contributed by atoms with E-state index in [1.54, 1.807) is 7.11 Å². The van der Waals surface area contributed by atoms with Crippen LogP contribution in [0.25, 0.3) is 5.57 Å². The maximum atomic E-state index is 13.3. The molecule has 0 atom stereocenters. The van der Waals surface area contributed by atoms with Crippen molar-refractivity contribution in [3.05, 3.63) is 64.9 Å². The number of imide groups is 1. The molecule has 0 bridgehead atoms. The van der Waals surface area contributed by atoms with Gasteiger partial charge in [0, 0.05) is 25.4 Å². The maximum absolute atomic E-state index is 13.3. The van der Waals surface area contributed by atoms with E-state index in [2.05, 4.69) is 12.2 Å². The number of amides is 2. The molecule has 1 aliphatic rings. The monoisotopic (exact) mass is 436 g/mol. The molecule has 0 fully saturated rings. The highest BCUT2D eigenvalue weighted by Crippen LogP contribution is 2.32. The van der Waals surface area contributed by atoms with E-state index < -0.39 is 0 Å². The molecule has 1 N–H and O–H groups in total. The fourth-order valence-corrected chi connectivity index (χ4v) is 3.55. The van der Waals surface area contributed by atoms with E-state index in [1.807, 2.05) is 56.3 Å². The zero-order chi connectivity index (χ0) is 23.1. The minimum atomic E-state index is -0.312. The quantitative estimate of drug-likeness (QED) is 0.408. The van der Waals surface area contributed by atoms with E-state index >= 15 is 0 Å². The summed E-state index contributed by atoms with van der Waals surface area (Å²) in [5, 5.41) is 3.18. The Morgan fingerprint density at radius 3 is 2.28 bits per heavy atom. The van der Waals surface area contributed by atoms with E-state index in [4.69, 9.17) is 9.47 Å². The molecule has 0 spiro atoms. The lowest BCUT2D eigenvalue weighted by molar-refractivity contribution is -0.137. The number of carbonyl (C=O) groups is 2. The van der Waals surface area contributed by atoms with Gasteiger partial charge in [-0.1, -0.05) is 31.5 Å². The first-order valence-electron chi connectivity index (χ1n) is 11.1. The van der Waals surface area contributed by atoms with Crippen LogP contribution in [-0.2, 0) is 14.3 Å². The number of nitrogens with zero attached hydrogens (tertiary/aromatic N) is 1. The van der Waals surface area contributed by atoms with Gasteiger partial charge in [-0.2, -0.15) is 0 Å². The molecular weight excluding hydrogens is 404 g/mol. The Hall–Kier alpha value is -3.12. The summed E-state index contributed by atoms with van der Waals surface area (Å²) in [6.45, 7) is 7.69. The molecule has 3 rings (SSSR count). The molecule has 1 heterocycles. The van der Waals surface area contributed by atoms with Crippen molar-refractivity contribution in [2.24, 2.45) is 0 Å². The summed E-state index contributed by atoms with van der Waals surface area (Å²) in [5.41, 5.74) is 4.37. The van der Waals surface area contributed by atoms with Crippen LogP contribution in [0.5, 0.6) is 5.75 Å². The molecule has 0 saturated carbocycles. The molecule has 2 amide bonds. The number of anilines is 1. The van der Waals surface area contributed by atoms with Gasteiger partial charge in [0.05, 0.1) is 12.7 Å². The molecule has 1 aliphatic heterocycles. The van der Waals surface area contributed by atoms with Gasteiger partial charge in [-0.25, -0.2) is 0 Å². The number of ether oxygens (including phenoxy) is 2. The molecule has 6 nitrogen and oxygen atoms in total. The first-order chi connectivity index (χ1) is 15.5. The number of rotatable bonds is 11. The van der Waals surface area contributed by atoms with Crippen molar-refractivity contribution in [1.82, 2.24) is 4.90 Å². The highest BCUT2D eigenvalue weighted by atomic mass is 16.5. The molecule has 0 radical (unpaired) electrons. The second kappa shape index (κ2) is 11.0. The van der Waals surface area contributed by atoms with Crippen LogP contribution in [0.4, 0.5) is 5.69 Å². The van der Waals surface area contributed by atoms with Crippen molar-refractivity contribution in [2.75, 3.05) is 32.2 Å². The summed E-state index contributed by atoms with van der Waals surface area (Å²) in [6, 6.07) is 13.1. The van der Waals surface area contributed by atoms with Gasteiger partial charge >= 0.3 is 0 Å². The fourth-order valence-electron chi connectivity index (χ4n) is 3.55. The summed E-state index contributed by atoms with van der Waals surface area (Å²) in [7, 11) is 1.60. The zero-order valence-electron chi connectivity index (χ0n) is 19.4. The number of methoxy groups -OCH3 is 1. The molecule has 2 aromatic carbocycles. The van der Waals surface area contributed by atoms with E-state index in [-0.39, 0.29) is 11.8 Å². The Bertz CT molecular complexity index is 995. The lowest BCUT2D eigenvalue weighted by Gasteiger charge is -2.15. The summed E-state index contributed by atoms with van der Waals surface area (Å²) in [5.74, 6) is 0.132. The van der Waals surface area contributed by atoms with E-state index in [1.165, 1.54) is 4.90 Å². The average Bonchev–Trinajstić information content (AvgIpc) is 3.02. The normalized spacial score (nSPS) is 13.8. The molecule has 0 saturated heterocycles.